The maximum atomic E-state index is 13.6. The van der Waals surface area contributed by atoms with Crippen LogP contribution in [-0.4, -0.2) is 74.4 Å². The molecule has 2 aromatic heterocycles. The molecule has 3 heterocycles. The van der Waals surface area contributed by atoms with E-state index in [1.54, 1.807) is 38.4 Å². The maximum absolute atomic E-state index is 13.6. The van der Waals surface area contributed by atoms with Gasteiger partial charge in [-0.25, -0.2) is 27.8 Å². The second-order valence-corrected chi connectivity index (χ2v) is 12.3. The van der Waals surface area contributed by atoms with Gasteiger partial charge in [0.25, 0.3) is 0 Å². The predicted octanol–water partition coefficient (Wildman–Crippen LogP) is 4.67. The van der Waals surface area contributed by atoms with Gasteiger partial charge in [0.15, 0.2) is 5.13 Å². The van der Waals surface area contributed by atoms with Gasteiger partial charge in [0, 0.05) is 49.7 Å². The Kier molecular flexibility index (Phi) is 8.14. The summed E-state index contributed by atoms with van der Waals surface area (Å²) in [6, 6.07) is 13.6. The summed E-state index contributed by atoms with van der Waals surface area (Å²) in [5, 5.41) is 3.44. The number of hydrogen-bond acceptors (Lipinski definition) is 10. The molecule has 0 bridgehead atoms. The average Bonchev–Trinajstić information content (AvgIpc) is 3.37. The van der Waals surface area contributed by atoms with Crippen LogP contribution in [0.15, 0.2) is 54.7 Å². The molecular weight excluding hydrogens is 553 g/mol. The number of aromatic nitrogens is 3. The molecule has 4 aromatic rings. The van der Waals surface area contributed by atoms with Crippen molar-refractivity contribution >= 4 is 43.8 Å². The van der Waals surface area contributed by atoms with Crippen molar-refractivity contribution in [2.45, 2.75) is 6.92 Å². The summed E-state index contributed by atoms with van der Waals surface area (Å²) in [5.41, 5.74) is 3.43. The van der Waals surface area contributed by atoms with E-state index in [-0.39, 0.29) is 16.7 Å². The second kappa shape index (κ2) is 11.7. The minimum Gasteiger partial charge on any atom is -0.494 e. The first-order valence-corrected chi connectivity index (χ1v) is 15.2. The Bertz CT molecular complexity index is 1590. The van der Waals surface area contributed by atoms with Crippen molar-refractivity contribution in [3.05, 3.63) is 60.5 Å². The molecule has 0 unspecified atom stereocenters. The Labute approximate surface area is 236 Å². The summed E-state index contributed by atoms with van der Waals surface area (Å²) < 4.78 is 46.2. The van der Waals surface area contributed by atoms with Gasteiger partial charge in [0.1, 0.15) is 11.6 Å². The van der Waals surface area contributed by atoms with E-state index in [4.69, 9.17) is 9.72 Å². The lowest BCUT2D eigenvalue weighted by Gasteiger charge is -2.34. The van der Waals surface area contributed by atoms with Gasteiger partial charge >= 0.3 is 0 Å². The van der Waals surface area contributed by atoms with E-state index in [1.807, 2.05) is 18.2 Å². The number of ether oxygens (including phenoxy) is 1. The topological polar surface area (TPSA) is 113 Å². The molecule has 40 heavy (non-hydrogen) atoms. The Morgan fingerprint density at radius 2 is 1.80 bits per heavy atom. The van der Waals surface area contributed by atoms with Crippen molar-refractivity contribution in [3.8, 4) is 27.6 Å². The summed E-state index contributed by atoms with van der Waals surface area (Å²) in [4.78, 5) is 18.8. The zero-order chi connectivity index (χ0) is 28.3. The molecule has 0 atom stereocenters. The minimum absolute atomic E-state index is 0.0925. The van der Waals surface area contributed by atoms with Crippen molar-refractivity contribution in [1.82, 2.24) is 19.9 Å². The van der Waals surface area contributed by atoms with E-state index < -0.39 is 10.0 Å². The fourth-order valence-electron chi connectivity index (χ4n) is 4.26. The van der Waals surface area contributed by atoms with Crippen LogP contribution in [-0.2, 0) is 10.0 Å². The summed E-state index contributed by atoms with van der Waals surface area (Å²) in [6.07, 6.45) is 1.61. The molecule has 13 heteroatoms. The van der Waals surface area contributed by atoms with Crippen molar-refractivity contribution in [1.29, 1.82) is 0 Å². The van der Waals surface area contributed by atoms with E-state index in [1.165, 1.54) is 12.1 Å². The van der Waals surface area contributed by atoms with Crippen LogP contribution >= 0.6 is 11.3 Å². The third-order valence-corrected chi connectivity index (χ3v) is 8.94. The van der Waals surface area contributed by atoms with Gasteiger partial charge in [-0.15, -0.1) is 0 Å². The van der Waals surface area contributed by atoms with E-state index in [9.17, 15) is 12.8 Å². The highest BCUT2D eigenvalue weighted by atomic mass is 32.2. The number of thiazole rings is 1. The zero-order valence-electron chi connectivity index (χ0n) is 22.4. The maximum Gasteiger partial charge on any atom is 0.234 e. The molecule has 0 radical (unpaired) electrons. The fraction of sp³-hybridized carbons (Fsp3) is 0.296. The van der Waals surface area contributed by atoms with E-state index >= 15 is 0 Å². The standard InChI is InChI=1S/C27H30FN7O3S2/c1-4-40(36,37)33-27-32-24(18-5-7-19(28)8-6-18)25(39-27)22-11-12-29-26(31-22)30-21-10-9-20(17-23(21)38-3)35-15-13-34(2)14-16-35/h5-12,17H,4,13-16H2,1-3H3,(H,32,33)(H,29,30,31). The molecule has 1 aliphatic heterocycles. The lowest BCUT2D eigenvalue weighted by Crippen LogP contribution is -2.44. The molecule has 1 saturated heterocycles. The van der Waals surface area contributed by atoms with Crippen LogP contribution in [0.25, 0.3) is 21.8 Å². The first-order chi connectivity index (χ1) is 19.2. The van der Waals surface area contributed by atoms with E-state index in [2.05, 4.69) is 36.9 Å². The van der Waals surface area contributed by atoms with Crippen LogP contribution in [0.5, 0.6) is 5.75 Å². The van der Waals surface area contributed by atoms with Gasteiger partial charge < -0.3 is 19.9 Å². The molecule has 0 saturated carbocycles. The summed E-state index contributed by atoms with van der Waals surface area (Å²) in [5.74, 6) is 0.516. The lowest BCUT2D eigenvalue weighted by atomic mass is 10.1. The normalized spacial score (nSPS) is 14.2. The molecule has 1 aliphatic rings. The largest absolute Gasteiger partial charge is 0.494 e. The second-order valence-electron chi connectivity index (χ2n) is 9.27. The Morgan fingerprint density at radius 3 is 2.50 bits per heavy atom. The van der Waals surface area contributed by atoms with Crippen LogP contribution in [0.1, 0.15) is 6.92 Å². The Balaban J connectivity index is 1.46. The average molecular weight is 584 g/mol. The monoisotopic (exact) mass is 583 g/mol. The smallest absolute Gasteiger partial charge is 0.234 e. The highest BCUT2D eigenvalue weighted by Crippen LogP contribution is 2.39. The number of nitrogens with zero attached hydrogens (tertiary/aromatic N) is 5. The van der Waals surface area contributed by atoms with Crippen LogP contribution in [0.4, 0.5) is 26.8 Å². The first kappa shape index (κ1) is 27.7. The highest BCUT2D eigenvalue weighted by molar-refractivity contribution is 7.92. The third-order valence-electron chi connectivity index (χ3n) is 6.56. The van der Waals surface area contributed by atoms with Gasteiger partial charge in [-0.1, -0.05) is 11.3 Å². The lowest BCUT2D eigenvalue weighted by molar-refractivity contribution is 0.312. The Hall–Kier alpha value is -3.81. The molecule has 1 fully saturated rings. The quantitative estimate of drug-likeness (QED) is 0.290. The number of halogens is 1. The number of rotatable bonds is 9. The van der Waals surface area contributed by atoms with E-state index in [0.29, 0.717) is 39.2 Å². The molecule has 0 spiro atoms. The number of hydrogen-bond donors (Lipinski definition) is 2. The van der Waals surface area contributed by atoms with Gasteiger partial charge in [0.05, 0.1) is 34.8 Å². The summed E-state index contributed by atoms with van der Waals surface area (Å²) in [6.45, 7) is 5.44. The molecule has 0 aliphatic carbocycles. The van der Waals surface area contributed by atoms with Gasteiger partial charge in [-0.2, -0.15) is 0 Å². The molecule has 210 valence electrons. The van der Waals surface area contributed by atoms with Crippen LogP contribution in [0.2, 0.25) is 0 Å². The number of methoxy groups -OCH3 is 1. The number of sulfonamides is 1. The van der Waals surface area contributed by atoms with Crippen LogP contribution in [0, 0.1) is 5.82 Å². The first-order valence-electron chi connectivity index (χ1n) is 12.7. The molecule has 10 nitrogen and oxygen atoms in total. The fourth-order valence-corrected chi connectivity index (χ4v) is 6.07. The number of piperazine rings is 1. The number of likely N-dealkylation sites (N-methyl/N-ethyl adjacent to an activating group) is 1. The number of benzene rings is 2. The molecule has 2 aromatic carbocycles. The number of nitrogens with one attached hydrogen (secondary N) is 2. The van der Waals surface area contributed by atoms with Crippen molar-refractivity contribution in [2.75, 3.05) is 61.0 Å². The predicted molar refractivity (Wildman–Crippen MR) is 158 cm³/mol. The molecular formula is C27H30FN7O3S2. The van der Waals surface area contributed by atoms with Crippen LogP contribution in [0.3, 0.4) is 0 Å². The van der Waals surface area contributed by atoms with Gasteiger partial charge in [-0.3, -0.25) is 4.72 Å². The summed E-state index contributed by atoms with van der Waals surface area (Å²) >= 11 is 1.15. The highest BCUT2D eigenvalue weighted by Gasteiger charge is 2.20. The third kappa shape index (κ3) is 6.32. The van der Waals surface area contributed by atoms with Gasteiger partial charge in [-0.05, 0) is 56.4 Å². The minimum atomic E-state index is -3.55. The van der Waals surface area contributed by atoms with Crippen molar-refractivity contribution < 1.29 is 17.5 Å². The SMILES string of the molecule is CCS(=O)(=O)Nc1nc(-c2ccc(F)cc2)c(-c2ccnc(Nc3ccc(N4CCN(C)CC4)cc3OC)n2)s1. The van der Waals surface area contributed by atoms with Crippen LogP contribution < -0.4 is 19.7 Å². The molecule has 5 rings (SSSR count). The summed E-state index contributed by atoms with van der Waals surface area (Å²) in [7, 11) is 0.200. The zero-order valence-corrected chi connectivity index (χ0v) is 24.0. The molecule has 2 N–H and O–H groups in total. The van der Waals surface area contributed by atoms with Crippen molar-refractivity contribution in [3.63, 3.8) is 0 Å². The van der Waals surface area contributed by atoms with E-state index in [0.717, 1.165) is 43.2 Å². The van der Waals surface area contributed by atoms with Gasteiger partial charge in [0.2, 0.25) is 16.0 Å². The Morgan fingerprint density at radius 1 is 1.05 bits per heavy atom. The number of anilines is 4. The molecule has 0 amide bonds. The van der Waals surface area contributed by atoms with Crippen molar-refractivity contribution in [2.24, 2.45) is 0 Å².